The second-order valence-corrected chi connectivity index (χ2v) is 6.43. The molecule has 0 amide bonds. The number of hydrogen-bond donors (Lipinski definition) is 0. The Bertz CT molecular complexity index is 663. The minimum absolute atomic E-state index is 0.917. The molecule has 1 saturated heterocycles. The maximum absolute atomic E-state index is 4.75. The predicted molar refractivity (Wildman–Crippen MR) is 102 cm³/mol. The van der Waals surface area contributed by atoms with Gasteiger partial charge in [0.1, 0.15) is 5.82 Å². The van der Waals surface area contributed by atoms with Crippen LogP contribution >= 0.6 is 0 Å². The zero-order chi connectivity index (χ0) is 17.3. The molecule has 0 N–H and O–H groups in total. The predicted octanol–water partition coefficient (Wildman–Crippen LogP) is 3.40. The van der Waals surface area contributed by atoms with Crippen LogP contribution in [0.1, 0.15) is 37.6 Å². The average Bonchev–Trinajstić information content (AvgIpc) is 2.67. The highest BCUT2D eigenvalue weighted by molar-refractivity contribution is 5.47. The Kier molecular flexibility index (Phi) is 6.51. The molecule has 1 fully saturated rings. The van der Waals surface area contributed by atoms with E-state index >= 15 is 0 Å². The molecular formula is C20H27N5. The van der Waals surface area contributed by atoms with Gasteiger partial charge in [0.05, 0.1) is 23.8 Å². The van der Waals surface area contributed by atoms with Crippen molar-refractivity contribution in [2.24, 2.45) is 0 Å². The lowest BCUT2D eigenvalue weighted by Gasteiger charge is -2.35. The van der Waals surface area contributed by atoms with Crippen molar-refractivity contribution in [3.63, 3.8) is 0 Å². The summed E-state index contributed by atoms with van der Waals surface area (Å²) in [5.74, 6) is 0.982. The fourth-order valence-electron chi connectivity index (χ4n) is 2.98. The minimum Gasteiger partial charge on any atom is -0.353 e. The number of unbranched alkanes of at least 4 members (excludes halogenated alkanes) is 2. The van der Waals surface area contributed by atoms with E-state index in [1.165, 1.54) is 12.8 Å². The summed E-state index contributed by atoms with van der Waals surface area (Å²) in [5, 5.41) is 0. The third-order valence-corrected chi connectivity index (χ3v) is 4.46. The highest BCUT2D eigenvalue weighted by Gasteiger charge is 2.18. The van der Waals surface area contributed by atoms with Crippen molar-refractivity contribution in [1.29, 1.82) is 0 Å². The van der Waals surface area contributed by atoms with E-state index in [4.69, 9.17) is 4.98 Å². The minimum atomic E-state index is 0.917. The second-order valence-electron chi connectivity index (χ2n) is 6.43. The molecule has 2 aromatic heterocycles. The van der Waals surface area contributed by atoms with E-state index in [-0.39, 0.29) is 0 Å². The Morgan fingerprint density at radius 2 is 2.00 bits per heavy atom. The Balaban J connectivity index is 1.53. The monoisotopic (exact) mass is 337 g/mol. The van der Waals surface area contributed by atoms with Crippen LogP contribution in [-0.2, 0) is 6.54 Å². The smallest absolute Gasteiger partial charge is 0.147 e. The van der Waals surface area contributed by atoms with E-state index in [1.54, 1.807) is 0 Å². The average molecular weight is 337 g/mol. The molecule has 0 aromatic carbocycles. The highest BCUT2D eigenvalue weighted by atomic mass is 15.3. The summed E-state index contributed by atoms with van der Waals surface area (Å²) >= 11 is 0. The summed E-state index contributed by atoms with van der Waals surface area (Å²) in [7, 11) is 0. The lowest BCUT2D eigenvalue weighted by atomic mass is 10.2. The molecular weight excluding hydrogens is 310 g/mol. The quantitative estimate of drug-likeness (QED) is 0.725. The van der Waals surface area contributed by atoms with Crippen LogP contribution in [-0.4, -0.2) is 46.0 Å². The molecule has 5 heteroatoms. The van der Waals surface area contributed by atoms with E-state index in [0.29, 0.717) is 0 Å². The molecule has 0 spiro atoms. The molecule has 5 nitrogen and oxygen atoms in total. The number of anilines is 1. The first-order chi connectivity index (χ1) is 12.3. The molecule has 0 saturated carbocycles. The number of hydrogen-bond acceptors (Lipinski definition) is 5. The first kappa shape index (κ1) is 17.5. The van der Waals surface area contributed by atoms with Gasteiger partial charge in [-0.1, -0.05) is 31.9 Å². The molecule has 0 unspecified atom stereocenters. The summed E-state index contributed by atoms with van der Waals surface area (Å²) in [6.45, 7) is 7.13. The van der Waals surface area contributed by atoms with Gasteiger partial charge in [0.2, 0.25) is 0 Å². The Morgan fingerprint density at radius 1 is 1.12 bits per heavy atom. The van der Waals surface area contributed by atoms with Crippen LogP contribution in [0.15, 0.2) is 42.9 Å². The SMILES string of the molecule is CCCC/C=C/c1cncc(N2CCN(Cc3ccccn3)CC2)n1. The van der Waals surface area contributed by atoms with Crippen molar-refractivity contribution in [3.05, 3.63) is 54.3 Å². The first-order valence-electron chi connectivity index (χ1n) is 9.21. The molecule has 132 valence electrons. The van der Waals surface area contributed by atoms with Crippen LogP contribution in [0.4, 0.5) is 5.82 Å². The van der Waals surface area contributed by atoms with Crippen LogP contribution < -0.4 is 4.90 Å². The number of rotatable bonds is 7. The van der Waals surface area contributed by atoms with Crippen molar-refractivity contribution >= 4 is 11.9 Å². The topological polar surface area (TPSA) is 45.2 Å². The maximum Gasteiger partial charge on any atom is 0.147 e. The van der Waals surface area contributed by atoms with Gasteiger partial charge in [-0.3, -0.25) is 14.9 Å². The van der Waals surface area contributed by atoms with Crippen LogP contribution in [0.3, 0.4) is 0 Å². The van der Waals surface area contributed by atoms with Crippen molar-refractivity contribution in [1.82, 2.24) is 19.9 Å². The lowest BCUT2D eigenvalue weighted by molar-refractivity contribution is 0.246. The summed E-state index contributed by atoms with van der Waals surface area (Å²) < 4.78 is 0. The second kappa shape index (κ2) is 9.28. The van der Waals surface area contributed by atoms with Crippen LogP contribution in [0.5, 0.6) is 0 Å². The van der Waals surface area contributed by atoms with Crippen molar-refractivity contribution < 1.29 is 0 Å². The van der Waals surface area contributed by atoms with E-state index < -0.39 is 0 Å². The van der Waals surface area contributed by atoms with Gasteiger partial charge < -0.3 is 4.90 Å². The summed E-state index contributed by atoms with van der Waals surface area (Å²) in [5.41, 5.74) is 2.08. The van der Waals surface area contributed by atoms with Crippen LogP contribution in [0.2, 0.25) is 0 Å². The van der Waals surface area contributed by atoms with Gasteiger partial charge in [-0.2, -0.15) is 0 Å². The van der Waals surface area contributed by atoms with Gasteiger partial charge >= 0.3 is 0 Å². The number of pyridine rings is 1. The molecule has 2 aromatic rings. The molecule has 0 radical (unpaired) electrons. The third-order valence-electron chi connectivity index (χ3n) is 4.46. The molecule has 0 aliphatic carbocycles. The summed E-state index contributed by atoms with van der Waals surface area (Å²) in [6.07, 6.45) is 13.4. The standard InChI is InChI=1S/C20H27N5/c1-2-3-4-5-8-18-15-21-16-20(23-18)25-13-11-24(12-14-25)17-19-9-6-7-10-22-19/h5-10,15-16H,2-4,11-14,17H2,1H3/b8-5+. The molecule has 1 aliphatic rings. The molecule has 3 heterocycles. The summed E-state index contributed by atoms with van der Waals surface area (Å²) in [6, 6.07) is 6.10. The Labute approximate surface area is 150 Å². The fraction of sp³-hybridized carbons (Fsp3) is 0.450. The number of nitrogens with zero attached hydrogens (tertiary/aromatic N) is 5. The van der Waals surface area contributed by atoms with Crippen LogP contribution in [0.25, 0.3) is 6.08 Å². The number of aromatic nitrogens is 3. The van der Waals surface area contributed by atoms with Crippen molar-refractivity contribution in [2.45, 2.75) is 32.7 Å². The van der Waals surface area contributed by atoms with Gasteiger partial charge in [0.15, 0.2) is 0 Å². The molecule has 0 atom stereocenters. The van der Waals surface area contributed by atoms with Gasteiger partial charge in [0, 0.05) is 38.9 Å². The number of piperazine rings is 1. The fourth-order valence-corrected chi connectivity index (χ4v) is 2.98. The third kappa shape index (κ3) is 5.36. The van der Waals surface area contributed by atoms with Gasteiger partial charge in [-0.25, -0.2) is 4.98 Å². The molecule has 0 bridgehead atoms. The summed E-state index contributed by atoms with van der Waals surface area (Å²) in [4.78, 5) is 18.3. The van der Waals surface area contributed by atoms with E-state index in [9.17, 15) is 0 Å². The largest absolute Gasteiger partial charge is 0.353 e. The van der Waals surface area contributed by atoms with E-state index in [0.717, 1.165) is 56.4 Å². The van der Waals surface area contributed by atoms with Crippen molar-refractivity contribution in [2.75, 3.05) is 31.1 Å². The molecule has 25 heavy (non-hydrogen) atoms. The van der Waals surface area contributed by atoms with Crippen molar-refractivity contribution in [3.8, 4) is 0 Å². The normalized spacial score (nSPS) is 15.8. The number of allylic oxidation sites excluding steroid dienone is 1. The zero-order valence-electron chi connectivity index (χ0n) is 15.0. The van der Waals surface area contributed by atoms with E-state index in [2.05, 4.69) is 44.9 Å². The first-order valence-corrected chi connectivity index (χ1v) is 9.21. The highest BCUT2D eigenvalue weighted by Crippen LogP contribution is 2.15. The Hall–Kier alpha value is -2.27. The van der Waals surface area contributed by atoms with Gasteiger partial charge in [0.25, 0.3) is 0 Å². The lowest BCUT2D eigenvalue weighted by Crippen LogP contribution is -2.46. The van der Waals surface area contributed by atoms with E-state index in [1.807, 2.05) is 30.7 Å². The zero-order valence-corrected chi connectivity index (χ0v) is 15.0. The Morgan fingerprint density at radius 3 is 2.76 bits per heavy atom. The van der Waals surface area contributed by atoms with Crippen LogP contribution in [0, 0.1) is 0 Å². The van der Waals surface area contributed by atoms with Gasteiger partial charge in [-0.15, -0.1) is 0 Å². The van der Waals surface area contributed by atoms with Gasteiger partial charge in [-0.05, 0) is 24.6 Å². The molecule has 1 aliphatic heterocycles. The maximum atomic E-state index is 4.75. The molecule has 3 rings (SSSR count).